The number of sulfonamides is 1. The van der Waals surface area contributed by atoms with Crippen molar-refractivity contribution in [2.24, 2.45) is 0 Å². The summed E-state index contributed by atoms with van der Waals surface area (Å²) in [5.74, 6) is 1.59. The fourth-order valence-electron chi connectivity index (χ4n) is 5.76. The first kappa shape index (κ1) is 30.3. The first-order chi connectivity index (χ1) is 19.3. The van der Waals surface area contributed by atoms with Gasteiger partial charge in [0.05, 0.1) is 12.8 Å². The molecule has 2 aliphatic rings. The largest absolute Gasteiger partial charge is 0.457 e. The van der Waals surface area contributed by atoms with Gasteiger partial charge in [0, 0.05) is 24.3 Å². The van der Waals surface area contributed by atoms with E-state index >= 15 is 0 Å². The van der Waals surface area contributed by atoms with E-state index < -0.39 is 10.0 Å². The van der Waals surface area contributed by atoms with Gasteiger partial charge in [-0.25, -0.2) is 8.42 Å². The molecule has 8 nitrogen and oxygen atoms in total. The van der Waals surface area contributed by atoms with E-state index in [-0.39, 0.29) is 5.91 Å². The third-order valence-corrected chi connectivity index (χ3v) is 8.52. The molecule has 0 spiro atoms. The van der Waals surface area contributed by atoms with Crippen LogP contribution >= 0.6 is 0 Å². The summed E-state index contributed by atoms with van der Waals surface area (Å²) >= 11 is 0. The SMILES string of the molecule is CCCCN(CC(=O)NC1CCCCC1)C1CCN(Cc2ccc(Oc3ccc(NS(C)(=O)=O)cc3)cc2)CC1. The number of anilines is 1. The van der Waals surface area contributed by atoms with Gasteiger partial charge in [0.2, 0.25) is 15.9 Å². The van der Waals surface area contributed by atoms with Gasteiger partial charge in [0.15, 0.2) is 0 Å². The number of piperidine rings is 1. The first-order valence-corrected chi connectivity index (χ1v) is 16.8. The third-order valence-electron chi connectivity index (χ3n) is 7.91. The number of unbranched alkanes of at least 4 members (excludes halogenated alkanes) is 1. The van der Waals surface area contributed by atoms with Crippen LogP contribution in [0.2, 0.25) is 0 Å². The molecule has 0 radical (unpaired) electrons. The van der Waals surface area contributed by atoms with Crippen LogP contribution in [0.3, 0.4) is 0 Å². The van der Waals surface area contributed by atoms with Gasteiger partial charge in [0.25, 0.3) is 0 Å². The van der Waals surface area contributed by atoms with Crippen LogP contribution in [-0.2, 0) is 21.4 Å². The summed E-state index contributed by atoms with van der Waals surface area (Å²) < 4.78 is 31.1. The molecule has 2 aromatic rings. The normalized spacial score (nSPS) is 17.6. The number of carbonyl (C=O) groups excluding carboxylic acids is 1. The molecule has 2 aromatic carbocycles. The standard InChI is InChI=1S/C31H46N4O4S/c1-3-4-20-35(24-31(36)32-26-8-6-5-7-9-26)28-18-21-34(22-19-28)23-25-10-14-29(15-11-25)39-30-16-12-27(13-17-30)33-40(2,37)38/h10-17,26,28,33H,3-9,18-24H2,1-2H3,(H,32,36). The first-order valence-electron chi connectivity index (χ1n) is 14.9. The van der Waals surface area contributed by atoms with Crippen molar-refractivity contribution in [2.75, 3.05) is 37.2 Å². The zero-order valence-corrected chi connectivity index (χ0v) is 24.9. The Bertz CT molecular complexity index is 1160. The Morgan fingerprint density at radius 2 is 1.57 bits per heavy atom. The summed E-state index contributed by atoms with van der Waals surface area (Å²) in [4.78, 5) is 17.8. The van der Waals surface area contributed by atoms with E-state index in [1.54, 1.807) is 24.3 Å². The number of amides is 1. The lowest BCUT2D eigenvalue weighted by molar-refractivity contribution is -0.124. The minimum absolute atomic E-state index is 0.203. The topological polar surface area (TPSA) is 91.0 Å². The smallest absolute Gasteiger partial charge is 0.234 e. The third kappa shape index (κ3) is 10.1. The van der Waals surface area contributed by atoms with Crippen molar-refractivity contribution in [3.05, 3.63) is 54.1 Å². The maximum absolute atomic E-state index is 12.8. The summed E-state index contributed by atoms with van der Waals surface area (Å²) in [6.45, 7) is 6.70. The quantitative estimate of drug-likeness (QED) is 0.337. The number of hydrogen-bond acceptors (Lipinski definition) is 6. The van der Waals surface area contributed by atoms with E-state index in [4.69, 9.17) is 4.74 Å². The maximum atomic E-state index is 12.8. The molecule has 1 aliphatic carbocycles. The van der Waals surface area contributed by atoms with Crippen LogP contribution in [0.1, 0.15) is 70.3 Å². The number of hydrogen-bond donors (Lipinski definition) is 2. The van der Waals surface area contributed by atoms with E-state index in [2.05, 4.69) is 38.9 Å². The summed E-state index contributed by atoms with van der Waals surface area (Å²) in [7, 11) is -3.30. The van der Waals surface area contributed by atoms with Gasteiger partial charge < -0.3 is 10.1 Å². The van der Waals surface area contributed by atoms with Gasteiger partial charge in [-0.15, -0.1) is 0 Å². The van der Waals surface area contributed by atoms with Crippen molar-refractivity contribution in [3.63, 3.8) is 0 Å². The van der Waals surface area contributed by atoms with Crippen molar-refractivity contribution in [1.82, 2.24) is 15.1 Å². The van der Waals surface area contributed by atoms with Crippen LogP contribution in [0.5, 0.6) is 11.5 Å². The second-order valence-corrected chi connectivity index (χ2v) is 13.1. The molecule has 4 rings (SSSR count). The van der Waals surface area contributed by atoms with Crippen molar-refractivity contribution in [3.8, 4) is 11.5 Å². The molecule has 1 heterocycles. The lowest BCUT2D eigenvalue weighted by Crippen LogP contribution is -2.49. The van der Waals surface area contributed by atoms with Crippen molar-refractivity contribution in [2.45, 2.75) is 83.3 Å². The van der Waals surface area contributed by atoms with Gasteiger partial charge in [-0.1, -0.05) is 44.7 Å². The van der Waals surface area contributed by atoms with Crippen LogP contribution in [0.15, 0.2) is 48.5 Å². The monoisotopic (exact) mass is 570 g/mol. The lowest BCUT2D eigenvalue weighted by atomic mass is 9.95. The average Bonchev–Trinajstić information content (AvgIpc) is 2.93. The second kappa shape index (κ2) is 14.8. The molecule has 220 valence electrons. The maximum Gasteiger partial charge on any atom is 0.234 e. The zero-order chi connectivity index (χ0) is 28.4. The fourth-order valence-corrected chi connectivity index (χ4v) is 6.33. The Morgan fingerprint density at radius 3 is 2.17 bits per heavy atom. The lowest BCUT2D eigenvalue weighted by Gasteiger charge is -2.38. The Kier molecular flexibility index (Phi) is 11.3. The summed E-state index contributed by atoms with van der Waals surface area (Å²) in [6.07, 6.45) is 11.6. The Labute approximate surface area is 240 Å². The summed E-state index contributed by atoms with van der Waals surface area (Å²) in [5.41, 5.74) is 1.75. The number of rotatable bonds is 13. The molecule has 1 aliphatic heterocycles. The molecule has 1 amide bonds. The van der Waals surface area contributed by atoms with E-state index in [1.165, 1.54) is 24.8 Å². The van der Waals surface area contributed by atoms with Crippen molar-refractivity contribution >= 4 is 21.6 Å². The van der Waals surface area contributed by atoms with Crippen LogP contribution in [0, 0.1) is 0 Å². The average molecular weight is 571 g/mol. The highest BCUT2D eigenvalue weighted by Crippen LogP contribution is 2.25. The number of carbonyl (C=O) groups is 1. The van der Waals surface area contributed by atoms with Gasteiger partial charge >= 0.3 is 0 Å². The molecule has 2 fully saturated rings. The molecule has 2 N–H and O–H groups in total. The second-order valence-electron chi connectivity index (χ2n) is 11.4. The number of ether oxygens (including phenoxy) is 1. The van der Waals surface area contributed by atoms with E-state index in [1.807, 2.05) is 12.1 Å². The molecule has 40 heavy (non-hydrogen) atoms. The number of benzene rings is 2. The fraction of sp³-hybridized carbons (Fsp3) is 0.581. The highest BCUT2D eigenvalue weighted by molar-refractivity contribution is 7.92. The Hall–Kier alpha value is -2.62. The van der Waals surface area contributed by atoms with Crippen LogP contribution in [0.25, 0.3) is 0 Å². The summed E-state index contributed by atoms with van der Waals surface area (Å²) in [6, 6.07) is 15.8. The molecular weight excluding hydrogens is 524 g/mol. The highest BCUT2D eigenvalue weighted by Gasteiger charge is 2.26. The Morgan fingerprint density at radius 1 is 0.950 bits per heavy atom. The van der Waals surface area contributed by atoms with E-state index in [0.717, 1.165) is 76.7 Å². The van der Waals surface area contributed by atoms with Crippen molar-refractivity contribution < 1.29 is 17.9 Å². The highest BCUT2D eigenvalue weighted by atomic mass is 32.2. The molecule has 0 aromatic heterocycles. The zero-order valence-electron chi connectivity index (χ0n) is 24.1. The molecule has 0 atom stereocenters. The number of nitrogens with one attached hydrogen (secondary N) is 2. The van der Waals surface area contributed by atoms with E-state index in [9.17, 15) is 13.2 Å². The Balaban J connectivity index is 1.23. The van der Waals surface area contributed by atoms with Gasteiger partial charge in [-0.3, -0.25) is 19.3 Å². The molecule has 0 unspecified atom stereocenters. The van der Waals surface area contributed by atoms with Gasteiger partial charge in [0.1, 0.15) is 11.5 Å². The minimum atomic E-state index is -3.30. The molecule has 0 bridgehead atoms. The van der Waals surface area contributed by atoms with Crippen molar-refractivity contribution in [1.29, 1.82) is 0 Å². The number of nitrogens with zero attached hydrogens (tertiary/aromatic N) is 2. The van der Waals surface area contributed by atoms with E-state index in [0.29, 0.717) is 30.1 Å². The van der Waals surface area contributed by atoms with Crippen LogP contribution in [0.4, 0.5) is 5.69 Å². The van der Waals surface area contributed by atoms with Gasteiger partial charge in [-0.2, -0.15) is 0 Å². The minimum Gasteiger partial charge on any atom is -0.457 e. The predicted molar refractivity (Wildman–Crippen MR) is 161 cm³/mol. The molecule has 9 heteroatoms. The molecular formula is C31H46N4O4S. The molecule has 1 saturated carbocycles. The molecule has 1 saturated heterocycles. The summed E-state index contributed by atoms with van der Waals surface area (Å²) in [5, 5.41) is 3.31. The van der Waals surface area contributed by atoms with Crippen LogP contribution in [-0.4, -0.2) is 68.6 Å². The van der Waals surface area contributed by atoms with Gasteiger partial charge in [-0.05, 0) is 93.7 Å². The number of likely N-dealkylation sites (tertiary alicyclic amines) is 1. The predicted octanol–water partition coefficient (Wildman–Crippen LogP) is 5.37. The van der Waals surface area contributed by atoms with Crippen LogP contribution < -0.4 is 14.8 Å².